The largest absolute Gasteiger partial charge is 0.120 e. The second-order valence-electron chi connectivity index (χ2n) is 1.11. The Morgan fingerprint density at radius 2 is 2.12 bits per heavy atom. The summed E-state index contributed by atoms with van der Waals surface area (Å²) in [7, 11) is 0. The van der Waals surface area contributed by atoms with Gasteiger partial charge in [0.25, 0.3) is 0 Å². The molecular formula is C4BrCl2S. The molecule has 0 unspecified atom stereocenters. The van der Waals surface area contributed by atoms with Crippen molar-refractivity contribution in [3.05, 3.63) is 19.2 Å². The fraction of sp³-hybridized carbons (Fsp3) is 0. The Morgan fingerprint density at radius 3 is 2.25 bits per heavy atom. The molecule has 0 atom stereocenters. The van der Waals surface area contributed by atoms with E-state index >= 15 is 0 Å². The first-order chi connectivity index (χ1) is 3.72. The van der Waals surface area contributed by atoms with Gasteiger partial charge in [0.15, 0.2) is 0 Å². The van der Waals surface area contributed by atoms with Crippen molar-refractivity contribution in [1.82, 2.24) is 0 Å². The van der Waals surface area contributed by atoms with Crippen LogP contribution in [0.3, 0.4) is 0 Å². The van der Waals surface area contributed by atoms with Gasteiger partial charge in [0.1, 0.15) is 4.34 Å². The van der Waals surface area contributed by atoms with Crippen molar-refractivity contribution in [3.63, 3.8) is 0 Å². The molecule has 0 aliphatic carbocycles. The van der Waals surface area contributed by atoms with Crippen molar-refractivity contribution in [2.75, 3.05) is 0 Å². The maximum atomic E-state index is 5.59. The van der Waals surface area contributed by atoms with Crippen LogP contribution in [0.25, 0.3) is 0 Å². The number of hydrogen-bond acceptors (Lipinski definition) is 1. The third-order valence-corrected chi connectivity index (χ3v) is 3.38. The third-order valence-electron chi connectivity index (χ3n) is 0.596. The van der Waals surface area contributed by atoms with E-state index in [0.29, 0.717) is 9.36 Å². The average Bonchev–Trinajstić information content (AvgIpc) is 1.98. The van der Waals surface area contributed by atoms with Crippen molar-refractivity contribution in [3.8, 4) is 0 Å². The van der Waals surface area contributed by atoms with E-state index < -0.39 is 0 Å². The van der Waals surface area contributed by atoms with E-state index in [-0.39, 0.29) is 0 Å². The highest BCUT2D eigenvalue weighted by atomic mass is 79.9. The predicted molar refractivity (Wildman–Crippen MR) is 40.9 cm³/mol. The molecule has 0 aliphatic rings. The summed E-state index contributed by atoms with van der Waals surface area (Å²) in [4.78, 5) is 0. The smallest absolute Gasteiger partial charge is 0.113 e. The number of thiophene rings is 1. The molecule has 0 aliphatic heterocycles. The Hall–Kier alpha value is 0.760. The summed E-state index contributed by atoms with van der Waals surface area (Å²) < 4.78 is 1.33. The van der Waals surface area contributed by atoms with Crippen LogP contribution in [0.1, 0.15) is 0 Å². The summed E-state index contributed by atoms with van der Waals surface area (Å²) in [5.74, 6) is 0. The summed E-state index contributed by atoms with van der Waals surface area (Å²) in [6.07, 6.45) is 0. The Balaban J connectivity index is 3.19. The molecule has 8 heavy (non-hydrogen) atoms. The zero-order valence-corrected chi connectivity index (χ0v) is 7.46. The first kappa shape index (κ1) is 6.87. The molecule has 4 heteroatoms. The van der Waals surface area contributed by atoms with Gasteiger partial charge in [-0.15, -0.1) is 11.3 Å². The molecule has 0 saturated carbocycles. The normalized spacial score (nSPS) is 9.88. The van der Waals surface area contributed by atoms with Gasteiger partial charge in [-0.1, -0.05) is 23.2 Å². The zero-order valence-electron chi connectivity index (χ0n) is 3.54. The van der Waals surface area contributed by atoms with Crippen LogP contribution in [0.2, 0.25) is 9.36 Å². The van der Waals surface area contributed by atoms with E-state index in [1.54, 1.807) is 0 Å². The van der Waals surface area contributed by atoms with E-state index in [1.165, 1.54) is 11.3 Å². The van der Waals surface area contributed by atoms with Crippen molar-refractivity contribution >= 4 is 50.5 Å². The minimum Gasteiger partial charge on any atom is -0.120 e. The molecule has 0 fully saturated rings. The molecule has 0 aromatic carbocycles. The summed E-state index contributed by atoms with van der Waals surface area (Å²) >= 11 is 15.6. The number of halogens is 3. The zero-order chi connectivity index (χ0) is 6.15. The minimum absolute atomic E-state index is 0.552. The highest BCUT2D eigenvalue weighted by molar-refractivity contribution is 9.10. The summed E-state index contributed by atoms with van der Waals surface area (Å²) in [5, 5.41) is 3.38. The van der Waals surface area contributed by atoms with Gasteiger partial charge in [0.05, 0.1) is 14.9 Å². The lowest BCUT2D eigenvalue weighted by atomic mass is 10.7. The quantitative estimate of drug-likeness (QED) is 0.639. The van der Waals surface area contributed by atoms with Crippen LogP contribution in [0.5, 0.6) is 0 Å². The van der Waals surface area contributed by atoms with E-state index in [2.05, 4.69) is 21.3 Å². The molecule has 1 aromatic rings. The molecule has 0 amide bonds. The first-order valence-corrected chi connectivity index (χ1v) is 4.09. The highest BCUT2D eigenvalue weighted by Gasteiger charge is 2.03. The summed E-state index contributed by atoms with van der Waals surface area (Å²) in [6, 6.07) is 0. The Kier molecular flexibility index (Phi) is 2.20. The van der Waals surface area contributed by atoms with E-state index in [0.717, 1.165) is 4.47 Å². The van der Waals surface area contributed by atoms with Crippen LogP contribution in [0.15, 0.2) is 4.47 Å². The molecule has 1 rings (SSSR count). The Morgan fingerprint density at radius 1 is 1.50 bits per heavy atom. The van der Waals surface area contributed by atoms with Crippen molar-refractivity contribution in [1.29, 1.82) is 0 Å². The maximum Gasteiger partial charge on any atom is 0.113 e. The molecule has 1 heterocycles. The van der Waals surface area contributed by atoms with Gasteiger partial charge in [-0.2, -0.15) is 0 Å². The SMILES string of the molecule is Clc1s[c]c(Br)c1Cl. The maximum absolute atomic E-state index is 5.59. The lowest BCUT2D eigenvalue weighted by Crippen LogP contribution is -1.51. The van der Waals surface area contributed by atoms with Gasteiger partial charge >= 0.3 is 0 Å². The van der Waals surface area contributed by atoms with E-state index in [1.807, 2.05) is 0 Å². The standard InChI is InChI=1S/C4BrCl2S/c5-2-1-8-4(7)3(2)6. The predicted octanol–water partition coefficient (Wildman–Crippen LogP) is 3.62. The molecule has 0 N–H and O–H groups in total. The topological polar surface area (TPSA) is 0 Å². The molecule has 0 bridgehead atoms. The monoisotopic (exact) mass is 229 g/mol. The van der Waals surface area contributed by atoms with Crippen LogP contribution in [-0.4, -0.2) is 0 Å². The van der Waals surface area contributed by atoms with Crippen molar-refractivity contribution < 1.29 is 0 Å². The van der Waals surface area contributed by atoms with E-state index in [9.17, 15) is 0 Å². The summed E-state index contributed by atoms with van der Waals surface area (Å²) in [6.45, 7) is 0. The lowest BCUT2D eigenvalue weighted by Gasteiger charge is -1.79. The van der Waals surface area contributed by atoms with Gasteiger partial charge in [0.2, 0.25) is 0 Å². The molecule has 0 nitrogen and oxygen atoms in total. The number of hydrogen-bond donors (Lipinski definition) is 0. The van der Waals surface area contributed by atoms with Crippen LogP contribution < -0.4 is 0 Å². The average molecular weight is 231 g/mol. The minimum atomic E-state index is 0.552. The molecule has 0 spiro atoms. The number of rotatable bonds is 0. The summed E-state index contributed by atoms with van der Waals surface area (Å²) in [5.41, 5.74) is 0. The van der Waals surface area contributed by atoms with Gasteiger partial charge in [0, 0.05) is 0 Å². The van der Waals surface area contributed by atoms with Crippen molar-refractivity contribution in [2.24, 2.45) is 0 Å². The molecule has 43 valence electrons. The fourth-order valence-electron chi connectivity index (χ4n) is 0.265. The van der Waals surface area contributed by atoms with Gasteiger partial charge in [-0.25, -0.2) is 0 Å². The second-order valence-corrected chi connectivity index (χ2v) is 3.70. The van der Waals surface area contributed by atoms with E-state index in [4.69, 9.17) is 23.2 Å². The van der Waals surface area contributed by atoms with Gasteiger partial charge in [-0.05, 0) is 15.9 Å². The van der Waals surface area contributed by atoms with Crippen LogP contribution in [0.4, 0.5) is 0 Å². The Labute approximate surface area is 69.5 Å². The van der Waals surface area contributed by atoms with Crippen LogP contribution in [0, 0.1) is 5.38 Å². The Bertz CT molecular complexity index is 176. The lowest BCUT2D eigenvalue weighted by molar-refractivity contribution is 1.87. The highest BCUT2D eigenvalue weighted by Crippen LogP contribution is 2.34. The molecule has 1 aromatic heterocycles. The first-order valence-electron chi connectivity index (χ1n) is 1.73. The van der Waals surface area contributed by atoms with Crippen LogP contribution >= 0.6 is 50.5 Å². The molecule has 1 radical (unpaired) electrons. The molecular weight excluding hydrogens is 231 g/mol. The molecule has 0 saturated heterocycles. The second kappa shape index (κ2) is 2.56. The van der Waals surface area contributed by atoms with Crippen LogP contribution in [-0.2, 0) is 0 Å². The van der Waals surface area contributed by atoms with Gasteiger partial charge < -0.3 is 0 Å². The van der Waals surface area contributed by atoms with Crippen molar-refractivity contribution in [2.45, 2.75) is 0 Å². The fourth-order valence-corrected chi connectivity index (χ4v) is 1.85. The third kappa shape index (κ3) is 1.18. The van der Waals surface area contributed by atoms with Gasteiger partial charge in [-0.3, -0.25) is 0 Å².